The molecule has 1 aromatic heterocycles. The number of hydrogen-bond donors (Lipinski definition) is 0. The molecule has 1 aromatic rings. The number of rotatable bonds is 2. The van der Waals surface area contributed by atoms with Crippen LogP contribution in [0.4, 0.5) is 0 Å². The zero-order valence-electron chi connectivity index (χ0n) is 7.04. The summed E-state index contributed by atoms with van der Waals surface area (Å²) in [5.74, 6) is 0. The number of allylic oxidation sites excluding steroid dienone is 1. The Morgan fingerprint density at radius 3 is 3.33 bits per heavy atom. The van der Waals surface area contributed by atoms with E-state index in [1.807, 2.05) is 0 Å². The highest BCUT2D eigenvalue weighted by Crippen LogP contribution is 2.25. The van der Waals surface area contributed by atoms with Crippen molar-refractivity contribution in [2.24, 2.45) is 0 Å². The van der Waals surface area contributed by atoms with Gasteiger partial charge in [0.1, 0.15) is 5.01 Å². The van der Waals surface area contributed by atoms with E-state index >= 15 is 0 Å². The maximum absolute atomic E-state index is 5.03. The maximum atomic E-state index is 5.03. The number of ether oxygens (including phenoxy) is 1. The molecule has 0 aromatic carbocycles. The number of fused-ring (bicyclic) bond motifs is 1. The minimum atomic E-state index is 0.644. The van der Waals surface area contributed by atoms with Gasteiger partial charge in [-0.15, -0.1) is 11.3 Å². The van der Waals surface area contributed by atoms with Gasteiger partial charge in [-0.05, 0) is 18.9 Å². The highest BCUT2D eigenvalue weighted by molar-refractivity contribution is 7.11. The zero-order valence-corrected chi connectivity index (χ0v) is 7.86. The van der Waals surface area contributed by atoms with Crippen LogP contribution in [0.3, 0.4) is 0 Å². The van der Waals surface area contributed by atoms with Crippen molar-refractivity contribution in [3.05, 3.63) is 21.7 Å². The molecule has 0 saturated heterocycles. The number of aromatic nitrogens is 1. The number of hydrogen-bond acceptors (Lipinski definition) is 3. The van der Waals surface area contributed by atoms with Gasteiger partial charge in [-0.2, -0.15) is 0 Å². The number of nitrogens with zero attached hydrogens (tertiary/aromatic N) is 1. The first-order valence-corrected chi connectivity index (χ1v) is 4.86. The Morgan fingerprint density at radius 1 is 1.67 bits per heavy atom. The highest BCUT2D eigenvalue weighted by Gasteiger charge is 2.10. The van der Waals surface area contributed by atoms with E-state index in [4.69, 9.17) is 4.74 Å². The summed E-state index contributed by atoms with van der Waals surface area (Å²) >= 11 is 1.77. The molecule has 0 radical (unpaired) electrons. The third-order valence-electron chi connectivity index (χ3n) is 1.85. The van der Waals surface area contributed by atoms with Crippen LogP contribution in [-0.4, -0.2) is 12.1 Å². The van der Waals surface area contributed by atoms with Gasteiger partial charge in [-0.3, -0.25) is 0 Å². The number of thiazole rings is 1. The largest absolute Gasteiger partial charge is 0.378 e. The van der Waals surface area contributed by atoms with Crippen LogP contribution in [0.5, 0.6) is 0 Å². The van der Waals surface area contributed by atoms with Crippen LogP contribution in [0.25, 0.3) is 6.08 Å². The van der Waals surface area contributed by atoms with Gasteiger partial charge in [0.2, 0.25) is 0 Å². The second-order valence-corrected chi connectivity index (χ2v) is 3.96. The van der Waals surface area contributed by atoms with Crippen LogP contribution in [-0.2, 0) is 17.8 Å². The Labute approximate surface area is 75.9 Å². The lowest BCUT2D eigenvalue weighted by Crippen LogP contribution is -1.89. The van der Waals surface area contributed by atoms with Crippen LogP contribution in [0.2, 0.25) is 0 Å². The smallest absolute Gasteiger partial charge is 0.119 e. The molecule has 0 atom stereocenters. The molecule has 12 heavy (non-hydrogen) atoms. The van der Waals surface area contributed by atoms with Gasteiger partial charge in [0, 0.05) is 12.0 Å². The van der Waals surface area contributed by atoms with Gasteiger partial charge in [0.25, 0.3) is 0 Å². The van der Waals surface area contributed by atoms with Crippen LogP contribution in [0, 0.1) is 0 Å². The second kappa shape index (κ2) is 3.37. The Balaban J connectivity index is 2.27. The third kappa shape index (κ3) is 1.42. The van der Waals surface area contributed by atoms with E-state index in [0.29, 0.717) is 6.61 Å². The van der Waals surface area contributed by atoms with Crippen LogP contribution >= 0.6 is 11.3 Å². The summed E-state index contributed by atoms with van der Waals surface area (Å²) in [7, 11) is 1.70. The van der Waals surface area contributed by atoms with E-state index < -0.39 is 0 Å². The third-order valence-corrected chi connectivity index (χ3v) is 2.96. The first-order valence-electron chi connectivity index (χ1n) is 4.04. The lowest BCUT2D eigenvalue weighted by atomic mass is 10.1. The van der Waals surface area contributed by atoms with Gasteiger partial charge in [0.15, 0.2) is 0 Å². The van der Waals surface area contributed by atoms with Gasteiger partial charge in [0.05, 0.1) is 12.3 Å². The molecule has 0 aliphatic heterocycles. The molecule has 64 valence electrons. The predicted molar refractivity (Wildman–Crippen MR) is 50.2 cm³/mol. The summed E-state index contributed by atoms with van der Waals surface area (Å²) in [5.41, 5.74) is 1.15. The molecule has 1 aliphatic carbocycles. The molecule has 0 amide bonds. The van der Waals surface area contributed by atoms with E-state index in [1.165, 1.54) is 4.88 Å². The number of methoxy groups -OCH3 is 1. The Bertz CT molecular complexity index is 303. The fraction of sp³-hybridized carbons (Fsp3) is 0.444. The topological polar surface area (TPSA) is 22.1 Å². The summed E-state index contributed by atoms with van der Waals surface area (Å²) in [6, 6.07) is 0. The summed E-state index contributed by atoms with van der Waals surface area (Å²) in [4.78, 5) is 5.85. The van der Waals surface area contributed by atoms with Gasteiger partial charge < -0.3 is 4.74 Å². The molecular formula is C9H11NOS. The van der Waals surface area contributed by atoms with Crippen molar-refractivity contribution in [3.63, 3.8) is 0 Å². The molecule has 1 aliphatic rings. The van der Waals surface area contributed by atoms with Crippen molar-refractivity contribution < 1.29 is 4.74 Å². The molecule has 0 unspecified atom stereocenters. The average Bonchev–Trinajstić information content (AvgIpc) is 2.47. The molecule has 0 saturated carbocycles. The molecule has 0 bridgehead atoms. The van der Waals surface area contributed by atoms with Crippen LogP contribution in [0.15, 0.2) is 6.08 Å². The highest BCUT2D eigenvalue weighted by atomic mass is 32.1. The van der Waals surface area contributed by atoms with Crippen molar-refractivity contribution in [1.29, 1.82) is 0 Å². The van der Waals surface area contributed by atoms with E-state index in [0.717, 1.165) is 23.5 Å². The number of aryl methyl sites for hydroxylation is 1. The average molecular weight is 181 g/mol. The molecule has 0 fully saturated rings. The minimum Gasteiger partial charge on any atom is -0.378 e. The Kier molecular flexibility index (Phi) is 2.23. The molecular weight excluding hydrogens is 170 g/mol. The fourth-order valence-electron chi connectivity index (χ4n) is 1.32. The summed E-state index contributed by atoms with van der Waals surface area (Å²) in [6.07, 6.45) is 6.59. The van der Waals surface area contributed by atoms with E-state index in [9.17, 15) is 0 Å². The predicted octanol–water partition coefficient (Wildman–Crippen LogP) is 2.25. The van der Waals surface area contributed by atoms with Crippen LogP contribution < -0.4 is 0 Å². The molecule has 0 spiro atoms. The monoisotopic (exact) mass is 181 g/mol. The lowest BCUT2D eigenvalue weighted by Gasteiger charge is -1.99. The Morgan fingerprint density at radius 2 is 2.58 bits per heavy atom. The van der Waals surface area contributed by atoms with E-state index in [-0.39, 0.29) is 0 Å². The summed E-state index contributed by atoms with van der Waals surface area (Å²) in [5, 5.41) is 1.09. The maximum Gasteiger partial charge on any atom is 0.119 e. The molecule has 1 heterocycles. The standard InChI is InChI=1S/C9H11NOS/c1-11-6-9-10-7-4-2-3-5-8(7)12-9/h2,4H,3,5-6H2,1H3. The van der Waals surface area contributed by atoms with Crippen LogP contribution in [0.1, 0.15) is 22.0 Å². The quantitative estimate of drug-likeness (QED) is 0.698. The molecule has 2 rings (SSSR count). The first-order chi connectivity index (χ1) is 5.90. The normalized spacial score (nSPS) is 14.8. The van der Waals surface area contributed by atoms with Crippen molar-refractivity contribution in [3.8, 4) is 0 Å². The SMILES string of the molecule is COCc1nc2c(s1)CCC=C2. The van der Waals surface area contributed by atoms with E-state index in [2.05, 4.69) is 17.1 Å². The van der Waals surface area contributed by atoms with Gasteiger partial charge in [-0.1, -0.05) is 6.08 Å². The molecule has 2 nitrogen and oxygen atoms in total. The van der Waals surface area contributed by atoms with Crippen molar-refractivity contribution in [2.75, 3.05) is 7.11 Å². The minimum absolute atomic E-state index is 0.644. The zero-order chi connectivity index (χ0) is 8.39. The Hall–Kier alpha value is -0.670. The second-order valence-electron chi connectivity index (χ2n) is 2.79. The summed E-state index contributed by atoms with van der Waals surface area (Å²) < 4.78 is 5.03. The molecule has 3 heteroatoms. The fourth-order valence-corrected chi connectivity index (χ4v) is 2.36. The van der Waals surface area contributed by atoms with E-state index in [1.54, 1.807) is 18.4 Å². The lowest BCUT2D eigenvalue weighted by molar-refractivity contribution is 0.184. The summed E-state index contributed by atoms with van der Waals surface area (Å²) in [6.45, 7) is 0.644. The van der Waals surface area contributed by atoms with Crippen molar-refractivity contribution in [1.82, 2.24) is 4.98 Å². The molecule has 0 N–H and O–H groups in total. The van der Waals surface area contributed by atoms with Gasteiger partial charge >= 0.3 is 0 Å². The first kappa shape index (κ1) is 7.95. The van der Waals surface area contributed by atoms with Crippen molar-refractivity contribution >= 4 is 17.4 Å². The van der Waals surface area contributed by atoms with Crippen molar-refractivity contribution in [2.45, 2.75) is 19.4 Å². The van der Waals surface area contributed by atoms with Gasteiger partial charge in [-0.25, -0.2) is 4.98 Å².